The zero-order valence-corrected chi connectivity index (χ0v) is 23.7. The van der Waals surface area contributed by atoms with Gasteiger partial charge in [-0.05, 0) is 43.0 Å². The Kier molecular flexibility index (Phi) is 6.54. The van der Waals surface area contributed by atoms with E-state index in [4.69, 9.17) is 14.5 Å². The van der Waals surface area contributed by atoms with Gasteiger partial charge < -0.3 is 24.8 Å². The number of anilines is 1. The highest BCUT2D eigenvalue weighted by molar-refractivity contribution is 6.00. The minimum atomic E-state index is -1.18. The Morgan fingerprint density at radius 1 is 1.07 bits per heavy atom. The van der Waals surface area contributed by atoms with E-state index in [0.717, 1.165) is 31.5 Å². The normalized spacial score (nSPS) is 26.9. The Balaban J connectivity index is 1.26. The summed E-state index contributed by atoms with van der Waals surface area (Å²) < 4.78 is 72.3. The molecule has 0 saturated carbocycles. The van der Waals surface area contributed by atoms with Crippen LogP contribution in [-0.4, -0.2) is 94.8 Å². The summed E-state index contributed by atoms with van der Waals surface area (Å²) in [6.45, 7) is 3.41. The summed E-state index contributed by atoms with van der Waals surface area (Å²) in [7, 11) is 0. The maximum Gasteiger partial charge on any atom is 0.319 e. The summed E-state index contributed by atoms with van der Waals surface area (Å²) in [4.78, 5) is 17.7. The Hall–Kier alpha value is -3.81. The van der Waals surface area contributed by atoms with E-state index in [9.17, 15) is 13.9 Å². The van der Waals surface area contributed by atoms with Crippen LogP contribution in [0.4, 0.5) is 23.4 Å². The number of alkyl halides is 1. The molecule has 8 rings (SSSR count). The summed E-state index contributed by atoms with van der Waals surface area (Å²) in [5.74, 6) is -3.01. The third-order valence-electron chi connectivity index (χ3n) is 9.41. The molecule has 4 fully saturated rings. The van der Waals surface area contributed by atoms with Crippen LogP contribution in [-0.2, 0) is 4.74 Å². The van der Waals surface area contributed by atoms with Gasteiger partial charge in [0.15, 0.2) is 17.5 Å². The molecule has 4 saturated heterocycles. The highest BCUT2D eigenvalue weighted by Gasteiger charge is 2.49. The van der Waals surface area contributed by atoms with Crippen LogP contribution in [0.15, 0.2) is 30.5 Å². The molecule has 2 unspecified atom stereocenters. The third kappa shape index (κ3) is 4.51. The van der Waals surface area contributed by atoms with Gasteiger partial charge in [-0.2, -0.15) is 9.97 Å². The first-order valence-electron chi connectivity index (χ1n) is 14.9. The van der Waals surface area contributed by atoms with E-state index in [1.165, 1.54) is 18.3 Å². The van der Waals surface area contributed by atoms with Gasteiger partial charge in [-0.25, -0.2) is 17.6 Å². The van der Waals surface area contributed by atoms with Crippen molar-refractivity contribution in [1.29, 1.82) is 0 Å². The number of nitrogens with zero attached hydrogens (tertiary/aromatic N) is 5. The van der Waals surface area contributed by atoms with Gasteiger partial charge in [0, 0.05) is 55.3 Å². The minimum Gasteiger partial charge on any atom is -0.508 e. The number of hydrogen-bond donors (Lipinski definition) is 2. The Morgan fingerprint density at radius 3 is 2.70 bits per heavy atom. The first-order chi connectivity index (χ1) is 21.3. The van der Waals surface area contributed by atoms with E-state index in [-0.39, 0.29) is 58.0 Å². The van der Waals surface area contributed by atoms with E-state index in [1.807, 2.05) is 4.90 Å². The van der Waals surface area contributed by atoms with Gasteiger partial charge in [-0.15, -0.1) is 0 Å². The molecule has 13 heteroatoms. The second-order valence-electron chi connectivity index (χ2n) is 12.3. The fraction of sp³-hybridized carbons (Fsp3) is 0.452. The average Bonchev–Trinajstić information content (AvgIpc) is 3.53. The van der Waals surface area contributed by atoms with Crippen molar-refractivity contribution in [3.63, 3.8) is 0 Å². The number of aromatic nitrogens is 3. The summed E-state index contributed by atoms with van der Waals surface area (Å²) in [5.41, 5.74) is -1.00. The van der Waals surface area contributed by atoms with Gasteiger partial charge in [0.2, 0.25) is 0 Å². The van der Waals surface area contributed by atoms with Gasteiger partial charge in [-0.1, -0.05) is 6.07 Å². The molecule has 0 radical (unpaired) electrons. The van der Waals surface area contributed by atoms with Crippen LogP contribution in [0.1, 0.15) is 19.3 Å². The van der Waals surface area contributed by atoms with Crippen molar-refractivity contribution in [3.8, 4) is 23.0 Å². The molecule has 4 aliphatic heterocycles. The largest absolute Gasteiger partial charge is 0.508 e. The van der Waals surface area contributed by atoms with Crippen LogP contribution >= 0.6 is 0 Å². The van der Waals surface area contributed by atoms with Crippen LogP contribution < -0.4 is 15.0 Å². The SMILES string of the molecule is Oc1cc(-c2ncc3c(N4CC5COCC(C4)N5)nc(OC[C@@]45CCCN4C[C@H](F)C5)nc3c2F)c2c(F)c(F)ccc2c1. The molecule has 4 atom stereocenters. The third-order valence-corrected chi connectivity index (χ3v) is 9.41. The van der Waals surface area contributed by atoms with Crippen molar-refractivity contribution in [1.82, 2.24) is 25.2 Å². The molecule has 4 aromatic rings. The molecule has 0 amide bonds. The number of ether oxygens (including phenoxy) is 2. The van der Waals surface area contributed by atoms with Gasteiger partial charge in [0.25, 0.3) is 0 Å². The van der Waals surface area contributed by atoms with E-state index < -0.39 is 29.2 Å². The van der Waals surface area contributed by atoms with E-state index in [0.29, 0.717) is 50.5 Å². The lowest BCUT2D eigenvalue weighted by Gasteiger charge is -2.42. The first-order valence-corrected chi connectivity index (χ1v) is 14.9. The van der Waals surface area contributed by atoms with E-state index in [1.54, 1.807) is 0 Å². The predicted molar refractivity (Wildman–Crippen MR) is 154 cm³/mol. The number of phenolic OH excluding ortho intramolecular Hbond substituents is 1. The zero-order chi connectivity index (χ0) is 30.2. The number of aromatic hydroxyl groups is 1. The highest BCUT2D eigenvalue weighted by atomic mass is 19.2. The van der Waals surface area contributed by atoms with Crippen molar-refractivity contribution < 1.29 is 32.1 Å². The second kappa shape index (κ2) is 10.4. The summed E-state index contributed by atoms with van der Waals surface area (Å²) in [5, 5.41) is 14.2. The molecule has 2 N–H and O–H groups in total. The van der Waals surface area contributed by atoms with Crippen LogP contribution in [0.2, 0.25) is 0 Å². The number of rotatable bonds is 5. The Labute approximate surface area is 249 Å². The number of pyridine rings is 1. The Bertz CT molecular complexity index is 1780. The smallest absolute Gasteiger partial charge is 0.319 e. The number of phenols is 1. The fourth-order valence-electron chi connectivity index (χ4n) is 7.50. The van der Waals surface area contributed by atoms with Crippen LogP contribution in [0, 0.1) is 17.5 Å². The van der Waals surface area contributed by atoms with E-state index in [2.05, 4.69) is 20.2 Å². The van der Waals surface area contributed by atoms with Crippen LogP contribution in [0.5, 0.6) is 11.8 Å². The van der Waals surface area contributed by atoms with Crippen molar-refractivity contribution in [2.24, 2.45) is 0 Å². The topological polar surface area (TPSA) is 95.9 Å². The number of morpholine rings is 1. The van der Waals surface area contributed by atoms with Crippen LogP contribution in [0.25, 0.3) is 32.9 Å². The Morgan fingerprint density at radius 2 is 1.89 bits per heavy atom. The standard InChI is InChI=1S/C31H30F4N6O3/c32-17-8-31(4-1-5-41(31)10-17)15-44-30-38-28-22(29(39-30)40-11-18-13-43-14-19(12-40)37-18)9-36-27(26(28)35)21-7-20(42)6-16-2-3-23(33)25(34)24(16)21/h2-3,6-7,9,17-19,37,42H,1,4-5,8,10-15H2/t17-,18?,19?,31+/m1/s1. The quantitative estimate of drug-likeness (QED) is 0.324. The molecular weight excluding hydrogens is 580 g/mol. The lowest BCUT2D eigenvalue weighted by atomic mass is 9.95. The molecule has 2 bridgehead atoms. The molecule has 44 heavy (non-hydrogen) atoms. The zero-order valence-electron chi connectivity index (χ0n) is 23.7. The summed E-state index contributed by atoms with van der Waals surface area (Å²) >= 11 is 0. The number of fused-ring (bicyclic) bond motifs is 5. The summed E-state index contributed by atoms with van der Waals surface area (Å²) in [6, 6.07) is 4.69. The van der Waals surface area contributed by atoms with Gasteiger partial charge >= 0.3 is 6.01 Å². The van der Waals surface area contributed by atoms with Crippen molar-refractivity contribution in [3.05, 3.63) is 47.9 Å². The number of nitrogens with one attached hydrogen (secondary N) is 1. The molecule has 6 heterocycles. The average molecular weight is 611 g/mol. The van der Waals surface area contributed by atoms with Gasteiger partial charge in [0.05, 0.1) is 24.1 Å². The van der Waals surface area contributed by atoms with Crippen molar-refractivity contribution in [2.75, 3.05) is 50.9 Å². The monoisotopic (exact) mass is 610 g/mol. The molecule has 230 valence electrons. The minimum absolute atomic E-state index is 0.0383. The first kappa shape index (κ1) is 27.7. The number of halogens is 4. The second-order valence-corrected chi connectivity index (χ2v) is 12.3. The number of piperazine rings is 1. The molecule has 4 aliphatic rings. The van der Waals surface area contributed by atoms with Crippen LogP contribution in [0.3, 0.4) is 0 Å². The number of benzene rings is 2. The van der Waals surface area contributed by atoms with E-state index >= 15 is 8.78 Å². The van der Waals surface area contributed by atoms with Crippen molar-refractivity contribution >= 4 is 27.5 Å². The predicted octanol–water partition coefficient (Wildman–Crippen LogP) is 4.10. The maximum absolute atomic E-state index is 16.6. The lowest BCUT2D eigenvalue weighted by molar-refractivity contribution is 0.0374. The lowest BCUT2D eigenvalue weighted by Crippen LogP contribution is -2.63. The summed E-state index contributed by atoms with van der Waals surface area (Å²) in [6.07, 6.45) is 2.54. The highest BCUT2D eigenvalue weighted by Crippen LogP contribution is 2.41. The molecular formula is C31H30F4N6O3. The fourth-order valence-corrected chi connectivity index (χ4v) is 7.50. The van der Waals surface area contributed by atoms with Crippen molar-refractivity contribution in [2.45, 2.75) is 43.1 Å². The van der Waals surface area contributed by atoms with Gasteiger partial charge in [0.1, 0.15) is 35.6 Å². The van der Waals surface area contributed by atoms with Gasteiger partial charge in [-0.3, -0.25) is 9.88 Å². The molecule has 0 aliphatic carbocycles. The molecule has 2 aromatic heterocycles. The molecule has 0 spiro atoms. The molecule has 9 nitrogen and oxygen atoms in total. The number of hydrogen-bond acceptors (Lipinski definition) is 9. The molecule has 2 aromatic carbocycles. The maximum atomic E-state index is 16.6.